The summed E-state index contributed by atoms with van der Waals surface area (Å²) >= 11 is 0. The van der Waals surface area contributed by atoms with E-state index in [-0.39, 0.29) is 12.0 Å². The van der Waals surface area contributed by atoms with Crippen molar-refractivity contribution in [3.8, 4) is 40.1 Å². The van der Waals surface area contributed by atoms with Crippen molar-refractivity contribution in [3.63, 3.8) is 0 Å². The van der Waals surface area contributed by atoms with Crippen molar-refractivity contribution < 1.29 is 28.6 Å². The van der Waals surface area contributed by atoms with E-state index in [2.05, 4.69) is 34.9 Å². The van der Waals surface area contributed by atoms with E-state index in [4.69, 9.17) is 18.8 Å². The SMILES string of the molecule is Cc1c(-c2nc3c(o2)CN(C(=O)CN2CCC(O)CC2)C3)cccc1-c1cccc(-c2nc3cc(CN4CC[C@@](C)(C(=O)O)C4)cc(C#N)c3o2)c1C. The minimum Gasteiger partial charge on any atom is -0.481 e. The molecule has 0 saturated carbocycles. The summed E-state index contributed by atoms with van der Waals surface area (Å²) in [6.45, 7) is 10.1. The number of aromatic nitrogens is 2. The van der Waals surface area contributed by atoms with Crippen molar-refractivity contribution >= 4 is 23.0 Å². The van der Waals surface area contributed by atoms with Crippen LogP contribution < -0.4 is 0 Å². The molecule has 12 nitrogen and oxygen atoms in total. The van der Waals surface area contributed by atoms with Crippen LogP contribution in [0.15, 0.2) is 57.4 Å². The van der Waals surface area contributed by atoms with Crippen LogP contribution in [0.25, 0.3) is 45.1 Å². The summed E-state index contributed by atoms with van der Waals surface area (Å²) in [4.78, 5) is 40.5. The molecule has 0 radical (unpaired) electrons. The first-order valence-electron chi connectivity index (χ1n) is 18.2. The molecular formula is C41H42N6O6. The highest BCUT2D eigenvalue weighted by Crippen LogP contribution is 2.39. The smallest absolute Gasteiger partial charge is 0.310 e. The van der Waals surface area contributed by atoms with Gasteiger partial charge in [0, 0.05) is 37.3 Å². The van der Waals surface area contributed by atoms with E-state index in [1.165, 1.54) is 0 Å². The van der Waals surface area contributed by atoms with Crippen molar-refractivity contribution in [2.24, 2.45) is 5.41 Å². The Bertz CT molecular complexity index is 2270. The predicted octanol–water partition coefficient (Wildman–Crippen LogP) is 5.90. The number of aliphatic carboxylic acids is 1. The van der Waals surface area contributed by atoms with Crippen LogP contribution in [-0.2, 0) is 29.2 Å². The van der Waals surface area contributed by atoms with Gasteiger partial charge < -0.3 is 23.9 Å². The topological polar surface area (TPSA) is 160 Å². The Labute approximate surface area is 307 Å². The summed E-state index contributed by atoms with van der Waals surface area (Å²) in [5.41, 5.74) is 7.96. The number of oxazole rings is 2. The molecule has 53 heavy (non-hydrogen) atoms. The van der Waals surface area contributed by atoms with E-state index < -0.39 is 11.4 Å². The third kappa shape index (κ3) is 6.50. The molecule has 8 rings (SSSR count). The molecule has 0 spiro atoms. The van der Waals surface area contributed by atoms with E-state index >= 15 is 0 Å². The maximum atomic E-state index is 13.0. The second-order valence-electron chi connectivity index (χ2n) is 15.1. The van der Waals surface area contributed by atoms with Crippen LogP contribution >= 0.6 is 0 Å². The van der Waals surface area contributed by atoms with Gasteiger partial charge in [0.25, 0.3) is 0 Å². The van der Waals surface area contributed by atoms with Gasteiger partial charge in [-0.1, -0.05) is 24.3 Å². The predicted molar refractivity (Wildman–Crippen MR) is 196 cm³/mol. The van der Waals surface area contributed by atoms with Crippen LogP contribution in [-0.4, -0.2) is 85.6 Å². The quantitative estimate of drug-likeness (QED) is 0.197. The lowest BCUT2D eigenvalue weighted by molar-refractivity contribution is -0.147. The lowest BCUT2D eigenvalue weighted by Crippen LogP contribution is -2.42. The number of nitrogens with zero attached hydrogens (tertiary/aromatic N) is 6. The van der Waals surface area contributed by atoms with Gasteiger partial charge in [0.05, 0.1) is 36.7 Å². The number of nitriles is 1. The third-order valence-electron chi connectivity index (χ3n) is 11.3. The summed E-state index contributed by atoms with van der Waals surface area (Å²) in [5, 5.41) is 29.5. The Morgan fingerprint density at radius 2 is 1.58 bits per heavy atom. The molecule has 3 aliphatic rings. The zero-order chi connectivity index (χ0) is 37.0. The summed E-state index contributed by atoms with van der Waals surface area (Å²) in [6, 6.07) is 18.1. The van der Waals surface area contributed by atoms with E-state index in [0.29, 0.717) is 92.7 Å². The van der Waals surface area contributed by atoms with Gasteiger partial charge >= 0.3 is 5.97 Å². The number of piperidine rings is 1. The first-order chi connectivity index (χ1) is 25.5. The number of carbonyl (C=O) groups is 2. The number of amides is 1. The Hall–Kier alpha value is -5.35. The van der Waals surface area contributed by atoms with Gasteiger partial charge in [-0.3, -0.25) is 19.4 Å². The molecule has 272 valence electrons. The van der Waals surface area contributed by atoms with E-state index in [0.717, 1.165) is 57.7 Å². The largest absolute Gasteiger partial charge is 0.481 e. The Balaban J connectivity index is 1.02. The number of carboxylic acids is 1. The maximum absolute atomic E-state index is 13.0. The molecule has 2 N–H and O–H groups in total. The molecule has 2 saturated heterocycles. The average molecular weight is 715 g/mol. The Morgan fingerprint density at radius 3 is 2.21 bits per heavy atom. The number of hydrogen-bond donors (Lipinski definition) is 2. The Kier molecular flexibility index (Phi) is 8.89. The normalized spacial score (nSPS) is 19.6. The Morgan fingerprint density at radius 1 is 0.925 bits per heavy atom. The van der Waals surface area contributed by atoms with Crippen LogP contribution in [0.1, 0.15) is 59.9 Å². The molecule has 2 fully saturated rings. The lowest BCUT2D eigenvalue weighted by Gasteiger charge is -2.30. The molecule has 2 aromatic heterocycles. The van der Waals surface area contributed by atoms with Crippen molar-refractivity contribution in [2.45, 2.75) is 65.8 Å². The number of hydrogen-bond acceptors (Lipinski definition) is 10. The summed E-state index contributed by atoms with van der Waals surface area (Å²) < 4.78 is 12.6. The number of rotatable bonds is 8. The highest BCUT2D eigenvalue weighted by molar-refractivity contribution is 5.85. The first kappa shape index (κ1) is 34.7. The highest BCUT2D eigenvalue weighted by Gasteiger charge is 2.40. The fourth-order valence-corrected chi connectivity index (χ4v) is 8.02. The zero-order valence-electron chi connectivity index (χ0n) is 30.2. The van der Waals surface area contributed by atoms with Crippen LogP contribution in [0.4, 0.5) is 0 Å². The summed E-state index contributed by atoms with van der Waals surface area (Å²) in [5.74, 6) is 0.909. The summed E-state index contributed by atoms with van der Waals surface area (Å²) in [7, 11) is 0. The standard InChI is InChI=1S/C41H42N6O6/c1-24-29(6-4-8-31(24)38-44-34-20-47(21-35(34)52-38)36(49)22-45-13-10-28(48)11-14-45)30-7-5-9-32(25(30)2)39-43-33-17-26(16-27(18-42)37(33)53-39)19-46-15-12-41(3,23-46)40(50)51/h4-9,16-17,28,48H,10-15,19-23H2,1-3H3,(H,50,51)/t41-/m1/s1. The maximum Gasteiger partial charge on any atom is 0.310 e. The molecule has 3 aromatic carbocycles. The first-order valence-corrected chi connectivity index (χ1v) is 18.2. The molecular weight excluding hydrogens is 672 g/mol. The molecule has 0 aliphatic carbocycles. The van der Waals surface area contributed by atoms with Gasteiger partial charge in [0.2, 0.25) is 17.7 Å². The van der Waals surface area contributed by atoms with Gasteiger partial charge in [0.1, 0.15) is 23.0 Å². The minimum atomic E-state index is -0.789. The van der Waals surface area contributed by atoms with Gasteiger partial charge in [-0.25, -0.2) is 9.97 Å². The molecule has 0 unspecified atom stereocenters. The minimum absolute atomic E-state index is 0.0418. The second-order valence-corrected chi connectivity index (χ2v) is 15.1. The molecule has 5 heterocycles. The highest BCUT2D eigenvalue weighted by atomic mass is 16.4. The number of aliphatic hydroxyl groups is 1. The number of carbonyl (C=O) groups excluding carboxylic acids is 1. The van der Waals surface area contributed by atoms with Crippen molar-refractivity contribution in [1.82, 2.24) is 24.7 Å². The van der Waals surface area contributed by atoms with E-state index in [1.807, 2.05) is 43.3 Å². The van der Waals surface area contributed by atoms with Crippen LogP contribution in [0.2, 0.25) is 0 Å². The van der Waals surface area contributed by atoms with Crippen LogP contribution in [0, 0.1) is 30.6 Å². The number of likely N-dealkylation sites (tertiary alicyclic amines) is 2. The van der Waals surface area contributed by atoms with Crippen LogP contribution in [0.5, 0.6) is 0 Å². The van der Waals surface area contributed by atoms with Gasteiger partial charge in [-0.2, -0.15) is 5.26 Å². The molecule has 1 amide bonds. The molecule has 1 atom stereocenters. The number of fused-ring (bicyclic) bond motifs is 2. The summed E-state index contributed by atoms with van der Waals surface area (Å²) in [6.07, 6.45) is 1.70. The van der Waals surface area contributed by atoms with Gasteiger partial charge in [-0.15, -0.1) is 0 Å². The molecule has 3 aliphatic heterocycles. The van der Waals surface area contributed by atoms with Crippen molar-refractivity contribution in [2.75, 3.05) is 32.7 Å². The van der Waals surface area contributed by atoms with Gasteiger partial charge in [0.15, 0.2) is 5.58 Å². The number of aliphatic hydroxyl groups excluding tert-OH is 1. The zero-order valence-corrected chi connectivity index (χ0v) is 30.2. The van der Waals surface area contributed by atoms with Crippen molar-refractivity contribution in [1.29, 1.82) is 5.26 Å². The number of carboxylic acid groups (broad SMARTS) is 1. The van der Waals surface area contributed by atoms with Gasteiger partial charge in [-0.05, 0) is 98.7 Å². The lowest BCUT2D eigenvalue weighted by atomic mass is 9.90. The fourth-order valence-electron chi connectivity index (χ4n) is 8.02. The average Bonchev–Trinajstić information content (AvgIpc) is 3.93. The monoisotopic (exact) mass is 714 g/mol. The third-order valence-corrected chi connectivity index (χ3v) is 11.3. The molecule has 12 heteroatoms. The van der Waals surface area contributed by atoms with Crippen molar-refractivity contribution in [3.05, 3.63) is 82.2 Å². The second kappa shape index (κ2) is 13.6. The number of benzene rings is 3. The molecule has 5 aromatic rings. The van der Waals surface area contributed by atoms with E-state index in [9.17, 15) is 25.1 Å². The fraction of sp³-hybridized carbons (Fsp3) is 0.390. The van der Waals surface area contributed by atoms with E-state index in [1.54, 1.807) is 11.8 Å². The van der Waals surface area contributed by atoms with Crippen LogP contribution in [0.3, 0.4) is 0 Å². The molecule has 0 bridgehead atoms.